The molecule has 0 atom stereocenters. The van der Waals surface area contributed by atoms with E-state index in [1.807, 2.05) is 12.1 Å². The van der Waals surface area contributed by atoms with Crippen molar-refractivity contribution in [2.24, 2.45) is 0 Å². The molecule has 40 heavy (non-hydrogen) atoms. The van der Waals surface area contributed by atoms with Crippen LogP contribution in [0.1, 0.15) is 130 Å². The predicted octanol–water partition coefficient (Wildman–Crippen LogP) is 11.3. The van der Waals surface area contributed by atoms with Gasteiger partial charge in [0.05, 0.1) is 0 Å². The van der Waals surface area contributed by atoms with Gasteiger partial charge in [-0.3, -0.25) is 4.79 Å². The fraction of sp³-hybridized carbons (Fsp3) is 0.618. The van der Waals surface area contributed by atoms with Gasteiger partial charge in [-0.25, -0.2) is 0 Å². The molecular weight excluding hydrogens is 554 g/mol. The van der Waals surface area contributed by atoms with Crippen LogP contribution in [0.3, 0.4) is 0 Å². The molecule has 0 spiro atoms. The lowest BCUT2D eigenvalue weighted by atomic mass is 9.77. The minimum atomic E-state index is -2.79. The molecule has 0 amide bonds. The second kappa shape index (κ2) is 11.2. The van der Waals surface area contributed by atoms with Crippen LogP contribution in [0.4, 0.5) is 0 Å². The Balaban J connectivity index is 2.84. The molecule has 0 radical (unpaired) electrons. The molecule has 0 aliphatic rings. The highest BCUT2D eigenvalue weighted by atomic mass is 35.5. The maximum Gasteiger partial charge on any atom is 0.252 e. The molecule has 0 unspecified atom stereocenters. The monoisotopic (exact) mass is 606 g/mol. The van der Waals surface area contributed by atoms with Crippen molar-refractivity contribution in [3.05, 3.63) is 70.3 Å². The molecule has 0 aliphatic carbocycles. The average molecular weight is 607 g/mol. The maximum absolute atomic E-state index is 15.0. The molecule has 0 saturated heterocycles. The third-order valence-electron chi connectivity index (χ3n) is 8.88. The summed E-state index contributed by atoms with van der Waals surface area (Å²) >= 11 is 5.69. The van der Waals surface area contributed by atoms with Crippen molar-refractivity contribution in [3.63, 3.8) is 0 Å². The number of carbonyl (C=O) groups is 1. The summed E-state index contributed by atoms with van der Waals surface area (Å²) in [5.41, 5.74) is 4.29. The third kappa shape index (κ3) is 6.74. The highest BCUT2D eigenvalue weighted by Gasteiger charge is 2.48. The SMILES string of the molecule is CC(C)(c1ccc(C(=O)Cl)cc1)c1ccc(CP(=O)(C(C)(C)C)C(C)(C)C)c(CP(=O)(C(C)(C)C)C(C)(C)C)c1. The maximum atomic E-state index is 15.0. The van der Waals surface area contributed by atoms with Crippen LogP contribution >= 0.6 is 25.9 Å². The molecule has 2 aromatic rings. The second-order valence-electron chi connectivity index (χ2n) is 15.9. The fourth-order valence-corrected chi connectivity index (χ4v) is 13.6. The molecular formula is C34H53ClO3P2. The summed E-state index contributed by atoms with van der Waals surface area (Å²) < 4.78 is 29.8. The zero-order valence-corrected chi connectivity index (χ0v) is 30.0. The lowest BCUT2D eigenvalue weighted by molar-refractivity contribution is 0.108. The van der Waals surface area contributed by atoms with E-state index in [4.69, 9.17) is 11.6 Å². The van der Waals surface area contributed by atoms with E-state index in [1.54, 1.807) is 12.1 Å². The van der Waals surface area contributed by atoms with E-state index in [0.717, 1.165) is 22.3 Å². The predicted molar refractivity (Wildman–Crippen MR) is 177 cm³/mol. The van der Waals surface area contributed by atoms with Crippen LogP contribution in [0.25, 0.3) is 0 Å². The van der Waals surface area contributed by atoms with Crippen LogP contribution in [-0.4, -0.2) is 25.9 Å². The Morgan fingerprint density at radius 1 is 0.575 bits per heavy atom. The Kier molecular flexibility index (Phi) is 9.79. The van der Waals surface area contributed by atoms with Crippen molar-refractivity contribution in [1.29, 1.82) is 0 Å². The normalized spacial score (nSPS) is 14.4. The van der Waals surface area contributed by atoms with E-state index < -0.39 is 29.8 Å². The van der Waals surface area contributed by atoms with Crippen molar-refractivity contribution in [3.8, 4) is 0 Å². The lowest BCUT2D eigenvalue weighted by Crippen LogP contribution is -2.31. The van der Waals surface area contributed by atoms with Crippen molar-refractivity contribution in [2.45, 2.75) is 135 Å². The molecule has 0 bridgehead atoms. The van der Waals surface area contributed by atoms with E-state index >= 15 is 0 Å². The van der Waals surface area contributed by atoms with Gasteiger partial charge in [-0.05, 0) is 46.0 Å². The van der Waals surface area contributed by atoms with Crippen molar-refractivity contribution in [1.82, 2.24) is 0 Å². The molecule has 2 aromatic carbocycles. The summed E-state index contributed by atoms with van der Waals surface area (Å²) in [5.74, 6) is 0. The van der Waals surface area contributed by atoms with Crippen LogP contribution in [0, 0.1) is 0 Å². The van der Waals surface area contributed by atoms with Gasteiger partial charge in [0.1, 0.15) is 14.3 Å². The number of benzene rings is 2. The van der Waals surface area contributed by atoms with Crippen LogP contribution in [-0.2, 0) is 26.9 Å². The highest BCUT2D eigenvalue weighted by molar-refractivity contribution is 7.66. The summed E-state index contributed by atoms with van der Waals surface area (Å²) in [5, 5.41) is -2.01. The standard InChI is InChI=1S/C34H53ClO3P2/c1-30(2,3)39(37,31(4,5)6)22-25-17-20-28(34(13,14)27-18-15-24(16-19-27)29(35)36)21-26(25)23-40(38,32(7,8)9)33(10,11)12/h15-21H,22-23H2,1-14H3. The van der Waals surface area contributed by atoms with E-state index in [2.05, 4.69) is 115 Å². The molecule has 0 N–H and O–H groups in total. The van der Waals surface area contributed by atoms with Gasteiger partial charge in [0.25, 0.3) is 5.24 Å². The van der Waals surface area contributed by atoms with Gasteiger partial charge in [-0.15, -0.1) is 0 Å². The van der Waals surface area contributed by atoms with Crippen molar-refractivity contribution < 1.29 is 13.9 Å². The first-order chi connectivity index (χ1) is 17.7. The van der Waals surface area contributed by atoms with E-state index in [-0.39, 0.29) is 15.7 Å². The summed E-state index contributed by atoms with van der Waals surface area (Å²) in [6.07, 6.45) is 0.921. The largest absolute Gasteiger partial charge is 0.322 e. The zero-order chi connectivity index (χ0) is 31.3. The summed E-state index contributed by atoms with van der Waals surface area (Å²) in [4.78, 5) is 11.6. The molecule has 0 heterocycles. The average Bonchev–Trinajstić information content (AvgIpc) is 2.77. The number of rotatable bonds is 7. The van der Waals surface area contributed by atoms with Gasteiger partial charge >= 0.3 is 0 Å². The summed E-state index contributed by atoms with van der Waals surface area (Å²) in [6.45, 7) is 29.3. The molecule has 0 aliphatic heterocycles. The molecule has 0 fully saturated rings. The molecule has 224 valence electrons. The zero-order valence-electron chi connectivity index (χ0n) is 27.5. The quantitative estimate of drug-likeness (QED) is 0.233. The Labute approximate surface area is 250 Å². The Morgan fingerprint density at radius 3 is 1.27 bits per heavy atom. The van der Waals surface area contributed by atoms with E-state index in [9.17, 15) is 13.9 Å². The first-order valence-corrected chi connectivity index (χ1v) is 18.5. The third-order valence-corrected chi connectivity index (χ3v) is 19.3. The molecule has 3 nitrogen and oxygen atoms in total. The van der Waals surface area contributed by atoms with Gasteiger partial charge in [0.2, 0.25) is 0 Å². The molecule has 2 rings (SSSR count). The van der Waals surface area contributed by atoms with Crippen molar-refractivity contribution >= 4 is 31.1 Å². The van der Waals surface area contributed by atoms with Crippen LogP contribution in [0.2, 0.25) is 0 Å². The first kappa shape index (κ1) is 35.1. The van der Waals surface area contributed by atoms with Gasteiger partial charge in [-0.2, -0.15) is 0 Å². The second-order valence-corrected chi connectivity index (χ2v) is 25.2. The summed E-state index contributed by atoms with van der Waals surface area (Å²) in [7, 11) is -5.53. The van der Waals surface area contributed by atoms with Gasteiger partial charge in [-0.1, -0.05) is 127 Å². The van der Waals surface area contributed by atoms with Crippen LogP contribution in [0.5, 0.6) is 0 Å². The molecule has 6 heteroatoms. The highest BCUT2D eigenvalue weighted by Crippen LogP contribution is 2.71. The fourth-order valence-electron chi connectivity index (χ4n) is 5.94. The number of hydrogen-bond donors (Lipinski definition) is 0. The van der Waals surface area contributed by atoms with Gasteiger partial charge in [0, 0.05) is 43.9 Å². The smallest absolute Gasteiger partial charge is 0.252 e. The summed E-state index contributed by atoms with van der Waals surface area (Å²) in [6, 6.07) is 13.9. The minimum absolute atomic E-state index is 0.375. The van der Waals surface area contributed by atoms with Crippen molar-refractivity contribution in [2.75, 3.05) is 0 Å². The van der Waals surface area contributed by atoms with Gasteiger partial charge in [0.15, 0.2) is 0 Å². The number of carbonyl (C=O) groups excluding carboxylic acids is 1. The van der Waals surface area contributed by atoms with Crippen LogP contribution < -0.4 is 0 Å². The van der Waals surface area contributed by atoms with Gasteiger partial charge < -0.3 is 9.13 Å². The van der Waals surface area contributed by atoms with Crippen LogP contribution in [0.15, 0.2) is 42.5 Å². The minimum Gasteiger partial charge on any atom is -0.322 e. The first-order valence-electron chi connectivity index (χ1n) is 14.3. The number of hydrogen-bond acceptors (Lipinski definition) is 3. The lowest BCUT2D eigenvalue weighted by Gasteiger charge is -2.43. The Hall–Kier alpha value is -1.14. The molecule has 0 aromatic heterocycles. The topological polar surface area (TPSA) is 51.2 Å². The Bertz CT molecular complexity index is 1290. The molecule has 0 saturated carbocycles. The van der Waals surface area contributed by atoms with E-state index in [1.165, 1.54) is 0 Å². The number of halogens is 1. The van der Waals surface area contributed by atoms with E-state index in [0.29, 0.717) is 17.9 Å². The Morgan fingerprint density at radius 2 is 0.925 bits per heavy atom.